The van der Waals surface area contributed by atoms with E-state index in [-0.39, 0.29) is 30.7 Å². The third-order valence-electron chi connectivity index (χ3n) is 7.56. The van der Waals surface area contributed by atoms with Crippen LogP contribution in [0, 0.1) is 25.7 Å². The molecule has 1 heterocycles. The van der Waals surface area contributed by atoms with Gasteiger partial charge in [0.05, 0.1) is 12.2 Å². The Morgan fingerprint density at radius 3 is 2.32 bits per heavy atom. The van der Waals surface area contributed by atoms with E-state index in [1.807, 2.05) is 19.1 Å². The number of hydrogen-bond acceptors (Lipinski definition) is 3. The summed E-state index contributed by atoms with van der Waals surface area (Å²) in [6, 6.07) is 23.4. The molecule has 0 amide bonds. The zero-order valence-electron chi connectivity index (χ0n) is 23.2. The second-order valence-corrected chi connectivity index (χ2v) is 11.2. The zero-order valence-corrected chi connectivity index (χ0v) is 23.2. The third kappa shape index (κ3) is 6.36. The molecule has 1 fully saturated rings. The number of carboxylic acid groups (broad SMARTS) is 1. The van der Waals surface area contributed by atoms with Gasteiger partial charge >= 0.3 is 5.97 Å². The van der Waals surface area contributed by atoms with Gasteiger partial charge < -0.3 is 14.6 Å². The maximum absolute atomic E-state index is 11.3. The number of rotatable bonds is 9. The highest BCUT2D eigenvalue weighted by molar-refractivity contribution is 5.68. The Labute approximate surface area is 227 Å². The van der Waals surface area contributed by atoms with Gasteiger partial charge in [-0.2, -0.15) is 0 Å². The van der Waals surface area contributed by atoms with E-state index in [1.54, 1.807) is 0 Å². The minimum absolute atomic E-state index is 0.0196. The summed E-state index contributed by atoms with van der Waals surface area (Å²) in [5.41, 5.74) is 7.78. The average Bonchev–Trinajstić information content (AvgIpc) is 2.87. The van der Waals surface area contributed by atoms with Crippen molar-refractivity contribution in [2.24, 2.45) is 11.8 Å². The first-order valence-corrected chi connectivity index (χ1v) is 13.6. The van der Waals surface area contributed by atoms with Crippen molar-refractivity contribution < 1.29 is 19.4 Å². The molecule has 38 heavy (non-hydrogen) atoms. The van der Waals surface area contributed by atoms with E-state index in [0.29, 0.717) is 11.7 Å². The molecule has 4 atom stereocenters. The molecular formula is C34H40O4. The number of benzene rings is 3. The van der Waals surface area contributed by atoms with Crippen LogP contribution in [0.2, 0.25) is 0 Å². The van der Waals surface area contributed by atoms with E-state index in [0.717, 1.165) is 35.1 Å². The molecule has 0 aromatic heterocycles. The number of ether oxygens (including phenoxy) is 2. The van der Waals surface area contributed by atoms with Gasteiger partial charge in [-0.3, -0.25) is 0 Å². The van der Waals surface area contributed by atoms with Crippen LogP contribution in [-0.4, -0.2) is 23.8 Å². The molecule has 0 bridgehead atoms. The fraction of sp³-hybridized carbons (Fsp3) is 0.382. The largest absolute Gasteiger partial charge is 0.482 e. The highest BCUT2D eigenvalue weighted by Gasteiger charge is 2.41. The molecule has 200 valence electrons. The lowest BCUT2D eigenvalue weighted by Crippen LogP contribution is -2.37. The summed E-state index contributed by atoms with van der Waals surface area (Å²) in [4.78, 5) is 11.3. The highest BCUT2D eigenvalue weighted by Crippen LogP contribution is 2.50. The highest BCUT2D eigenvalue weighted by atomic mass is 16.5. The summed E-state index contributed by atoms with van der Waals surface area (Å²) in [5, 5.41) is 9.28. The molecule has 3 aromatic carbocycles. The van der Waals surface area contributed by atoms with Crippen LogP contribution < -0.4 is 4.74 Å². The predicted octanol–water partition coefficient (Wildman–Crippen LogP) is 8.29. The number of carbonyl (C=O) groups is 1. The van der Waals surface area contributed by atoms with E-state index >= 15 is 0 Å². The van der Waals surface area contributed by atoms with Crippen LogP contribution in [0.1, 0.15) is 67.9 Å². The Morgan fingerprint density at radius 1 is 1.05 bits per heavy atom. The molecule has 4 heteroatoms. The molecule has 4 rings (SSSR count). The third-order valence-corrected chi connectivity index (χ3v) is 7.56. The van der Waals surface area contributed by atoms with Gasteiger partial charge in [0.1, 0.15) is 5.75 Å². The van der Waals surface area contributed by atoms with Crippen LogP contribution in [0.15, 0.2) is 78.9 Å². The number of aryl methyl sites for hydroxylation is 2. The summed E-state index contributed by atoms with van der Waals surface area (Å²) in [6.45, 7) is 14.6. The average molecular weight is 513 g/mol. The topological polar surface area (TPSA) is 55.8 Å². The van der Waals surface area contributed by atoms with Crippen LogP contribution in [0.25, 0.3) is 11.1 Å². The van der Waals surface area contributed by atoms with Crippen molar-refractivity contribution in [3.8, 4) is 16.9 Å². The molecule has 0 unspecified atom stereocenters. The summed E-state index contributed by atoms with van der Waals surface area (Å²) >= 11 is 0. The second kappa shape index (κ2) is 12.0. The van der Waals surface area contributed by atoms with E-state index in [2.05, 4.69) is 88.9 Å². The van der Waals surface area contributed by atoms with Crippen molar-refractivity contribution in [3.63, 3.8) is 0 Å². The van der Waals surface area contributed by atoms with Crippen LogP contribution >= 0.6 is 0 Å². The molecule has 3 aromatic rings. The van der Waals surface area contributed by atoms with Gasteiger partial charge in [-0.1, -0.05) is 86.7 Å². The van der Waals surface area contributed by atoms with Gasteiger partial charge in [0.2, 0.25) is 0 Å². The van der Waals surface area contributed by atoms with Gasteiger partial charge in [-0.05, 0) is 73.4 Å². The van der Waals surface area contributed by atoms with Crippen molar-refractivity contribution in [1.82, 2.24) is 0 Å². The van der Waals surface area contributed by atoms with Gasteiger partial charge in [0.15, 0.2) is 6.61 Å². The van der Waals surface area contributed by atoms with Crippen molar-refractivity contribution >= 4 is 5.97 Å². The van der Waals surface area contributed by atoms with Gasteiger partial charge in [0.25, 0.3) is 0 Å². The Balaban J connectivity index is 1.71. The lowest BCUT2D eigenvalue weighted by Gasteiger charge is -2.44. The molecular weight excluding hydrogens is 472 g/mol. The molecule has 1 saturated heterocycles. The summed E-state index contributed by atoms with van der Waals surface area (Å²) in [7, 11) is 0. The lowest BCUT2D eigenvalue weighted by atomic mass is 9.73. The molecule has 1 aliphatic heterocycles. The first kappa shape index (κ1) is 27.7. The molecule has 0 radical (unpaired) electrons. The minimum atomic E-state index is -0.993. The van der Waals surface area contributed by atoms with E-state index in [1.165, 1.54) is 16.7 Å². The monoisotopic (exact) mass is 512 g/mol. The molecule has 1 aliphatic rings. The number of carboxylic acids is 1. The summed E-state index contributed by atoms with van der Waals surface area (Å²) in [6.07, 6.45) is 1.61. The second-order valence-electron chi connectivity index (χ2n) is 11.2. The first-order chi connectivity index (χ1) is 18.1. The van der Waals surface area contributed by atoms with Crippen LogP contribution in [0.4, 0.5) is 0 Å². The number of hydrogen-bond donors (Lipinski definition) is 1. The molecule has 0 saturated carbocycles. The van der Waals surface area contributed by atoms with Crippen LogP contribution in [-0.2, 0) is 9.53 Å². The Kier molecular flexibility index (Phi) is 8.73. The summed E-state index contributed by atoms with van der Waals surface area (Å²) in [5.74, 6) is 0.373. The van der Waals surface area contributed by atoms with Crippen molar-refractivity contribution in [1.29, 1.82) is 0 Å². The zero-order chi connectivity index (χ0) is 27.4. The van der Waals surface area contributed by atoms with Crippen molar-refractivity contribution in [2.75, 3.05) is 6.61 Å². The van der Waals surface area contributed by atoms with Gasteiger partial charge in [-0.25, -0.2) is 4.79 Å². The normalized spacial score (nSPS) is 21.3. The van der Waals surface area contributed by atoms with Crippen LogP contribution in [0.3, 0.4) is 0 Å². The minimum Gasteiger partial charge on any atom is -0.482 e. The fourth-order valence-electron chi connectivity index (χ4n) is 5.81. The van der Waals surface area contributed by atoms with Crippen LogP contribution in [0.5, 0.6) is 5.75 Å². The smallest absolute Gasteiger partial charge is 0.341 e. The molecule has 1 N–H and O–H groups in total. The Bertz CT molecular complexity index is 1260. The molecule has 0 spiro atoms. The fourth-order valence-corrected chi connectivity index (χ4v) is 5.81. The van der Waals surface area contributed by atoms with E-state index < -0.39 is 5.97 Å². The Morgan fingerprint density at radius 2 is 1.71 bits per heavy atom. The van der Waals surface area contributed by atoms with Crippen molar-refractivity contribution in [3.05, 3.63) is 101 Å². The first-order valence-electron chi connectivity index (χ1n) is 13.6. The maximum Gasteiger partial charge on any atom is 0.341 e. The standard InChI is InChI=1S/C34H40O4/c1-21(2)16-30-29(27-14-12-26(13-15-27)25-10-8-7-9-11-25)19-28(22(3)4)34(38-30)33-24(6)17-23(5)18-31(33)37-20-32(35)36/h7-15,17-18,21,28-30,34H,3,16,19-20H2,1-2,4-6H3,(H,35,36)/t28-,29-,30+,34+/m0/s1. The van der Waals surface area contributed by atoms with E-state index in [4.69, 9.17) is 9.47 Å². The van der Waals surface area contributed by atoms with Gasteiger partial charge in [0, 0.05) is 17.4 Å². The Hall–Kier alpha value is -3.37. The van der Waals surface area contributed by atoms with Gasteiger partial charge in [-0.15, -0.1) is 0 Å². The molecule has 0 aliphatic carbocycles. The lowest BCUT2D eigenvalue weighted by molar-refractivity contribution is -0.139. The number of aliphatic carboxylic acids is 1. The SMILES string of the molecule is C=C(C)[C@@H]1C[C@@H](c2ccc(-c3ccccc3)cc2)[C@@H](CC(C)C)O[C@H]1c1c(C)cc(C)cc1OCC(=O)O. The van der Waals surface area contributed by atoms with Crippen molar-refractivity contribution in [2.45, 2.75) is 65.6 Å². The maximum atomic E-state index is 11.3. The molecule has 4 nitrogen and oxygen atoms in total. The van der Waals surface area contributed by atoms with E-state index in [9.17, 15) is 9.90 Å². The predicted molar refractivity (Wildman–Crippen MR) is 154 cm³/mol. The quantitative estimate of drug-likeness (QED) is 0.293. The summed E-state index contributed by atoms with van der Waals surface area (Å²) < 4.78 is 12.8.